The molecule has 0 spiro atoms. The summed E-state index contributed by atoms with van der Waals surface area (Å²) in [5.74, 6) is 0. The third-order valence-electron chi connectivity index (χ3n) is 1.84. The predicted octanol–water partition coefficient (Wildman–Crippen LogP) is 3.30. The molecule has 0 N–H and O–H groups in total. The van der Waals surface area contributed by atoms with Crippen molar-refractivity contribution in [3.63, 3.8) is 0 Å². The fourth-order valence-electron chi connectivity index (χ4n) is 1.16. The highest BCUT2D eigenvalue weighted by atomic mass is 35.7. The molecule has 1 aromatic carbocycles. The van der Waals surface area contributed by atoms with Gasteiger partial charge in [-0.25, -0.2) is 8.42 Å². The van der Waals surface area contributed by atoms with Gasteiger partial charge < -0.3 is 0 Å². The molecule has 0 aliphatic rings. The number of allylic oxidation sites excluding steroid dienone is 2. The molecule has 0 atom stereocenters. The molecular formula is C10H10Cl2O2S. The molecule has 5 heteroatoms. The van der Waals surface area contributed by atoms with Crippen molar-refractivity contribution in [3.8, 4) is 0 Å². The van der Waals surface area contributed by atoms with E-state index in [4.69, 9.17) is 22.3 Å². The largest absolute Gasteiger partial charge is 0.261 e. The molecule has 0 aromatic heterocycles. The Morgan fingerprint density at radius 1 is 1.40 bits per heavy atom. The topological polar surface area (TPSA) is 34.1 Å². The standard InChI is InChI=1S/C10H10Cl2O2S/c1-8(11)6-7-9-4-2-3-5-10(9)15(12,13)14/h2-6H,7H2,1H3. The van der Waals surface area contributed by atoms with Crippen LogP contribution in [0.5, 0.6) is 0 Å². The zero-order valence-corrected chi connectivity index (χ0v) is 10.4. The monoisotopic (exact) mass is 264 g/mol. The summed E-state index contributed by atoms with van der Waals surface area (Å²) in [5, 5.41) is 0.622. The minimum Gasteiger partial charge on any atom is -0.207 e. The van der Waals surface area contributed by atoms with E-state index >= 15 is 0 Å². The second-order valence-corrected chi connectivity index (χ2v) is 6.17. The molecule has 2 nitrogen and oxygen atoms in total. The van der Waals surface area contributed by atoms with Gasteiger partial charge in [0, 0.05) is 15.7 Å². The van der Waals surface area contributed by atoms with Gasteiger partial charge in [-0.05, 0) is 25.0 Å². The molecule has 0 radical (unpaired) electrons. The van der Waals surface area contributed by atoms with Gasteiger partial charge >= 0.3 is 0 Å². The maximum Gasteiger partial charge on any atom is 0.261 e. The normalized spacial score (nSPS) is 12.9. The zero-order chi connectivity index (χ0) is 11.5. The van der Waals surface area contributed by atoms with Crippen LogP contribution in [0.2, 0.25) is 0 Å². The summed E-state index contributed by atoms with van der Waals surface area (Å²) < 4.78 is 22.4. The molecular weight excluding hydrogens is 255 g/mol. The van der Waals surface area contributed by atoms with Crippen LogP contribution in [0, 0.1) is 0 Å². The summed E-state index contributed by atoms with van der Waals surface area (Å²) in [6, 6.07) is 6.59. The van der Waals surface area contributed by atoms with Crippen LogP contribution in [0.15, 0.2) is 40.3 Å². The van der Waals surface area contributed by atoms with Crippen LogP contribution in [-0.2, 0) is 15.5 Å². The minimum absolute atomic E-state index is 0.140. The van der Waals surface area contributed by atoms with Crippen molar-refractivity contribution < 1.29 is 8.42 Å². The molecule has 0 bridgehead atoms. The number of halogens is 2. The number of hydrogen-bond acceptors (Lipinski definition) is 2. The lowest BCUT2D eigenvalue weighted by Crippen LogP contribution is -1.96. The van der Waals surface area contributed by atoms with Crippen molar-refractivity contribution in [1.29, 1.82) is 0 Å². The Morgan fingerprint density at radius 2 is 2.00 bits per heavy atom. The number of hydrogen-bond donors (Lipinski definition) is 0. The van der Waals surface area contributed by atoms with Gasteiger partial charge in [-0.3, -0.25) is 0 Å². The van der Waals surface area contributed by atoms with Gasteiger partial charge in [0.15, 0.2) is 0 Å². The Bertz CT molecular complexity index is 474. The molecule has 0 heterocycles. The van der Waals surface area contributed by atoms with Crippen LogP contribution in [0.1, 0.15) is 12.5 Å². The summed E-state index contributed by atoms with van der Waals surface area (Å²) in [5.41, 5.74) is 0.646. The van der Waals surface area contributed by atoms with Gasteiger partial charge in [-0.15, -0.1) is 0 Å². The van der Waals surface area contributed by atoms with Gasteiger partial charge in [0.05, 0.1) is 4.90 Å². The Balaban J connectivity index is 3.14. The summed E-state index contributed by atoms with van der Waals surface area (Å²) in [6.07, 6.45) is 2.19. The van der Waals surface area contributed by atoms with E-state index in [1.807, 2.05) is 0 Å². The van der Waals surface area contributed by atoms with Crippen molar-refractivity contribution in [2.24, 2.45) is 0 Å². The van der Waals surface area contributed by atoms with E-state index < -0.39 is 9.05 Å². The predicted molar refractivity (Wildman–Crippen MR) is 62.8 cm³/mol. The highest BCUT2D eigenvalue weighted by Gasteiger charge is 2.13. The van der Waals surface area contributed by atoms with E-state index in [1.54, 1.807) is 31.2 Å². The molecule has 1 aromatic rings. The molecule has 15 heavy (non-hydrogen) atoms. The lowest BCUT2D eigenvalue weighted by molar-refractivity contribution is 0.609. The van der Waals surface area contributed by atoms with Gasteiger partial charge in [-0.2, -0.15) is 0 Å². The SMILES string of the molecule is CC(Cl)=CCc1ccccc1S(=O)(=O)Cl. The molecule has 0 saturated heterocycles. The number of rotatable bonds is 3. The van der Waals surface area contributed by atoms with Crippen molar-refractivity contribution in [2.75, 3.05) is 0 Å². The second-order valence-electron chi connectivity index (χ2n) is 3.04. The summed E-state index contributed by atoms with van der Waals surface area (Å²) in [4.78, 5) is 0.140. The van der Waals surface area contributed by atoms with Gasteiger partial charge in [-0.1, -0.05) is 35.9 Å². The summed E-state index contributed by atoms with van der Waals surface area (Å²) >= 11 is 5.67. The van der Waals surface area contributed by atoms with E-state index in [2.05, 4.69) is 0 Å². The molecule has 0 amide bonds. The first kappa shape index (κ1) is 12.6. The quantitative estimate of drug-likeness (QED) is 0.786. The summed E-state index contributed by atoms with van der Waals surface area (Å²) in [7, 11) is 1.62. The van der Waals surface area contributed by atoms with Gasteiger partial charge in [0.25, 0.3) is 9.05 Å². The lowest BCUT2D eigenvalue weighted by atomic mass is 10.1. The van der Waals surface area contributed by atoms with E-state index in [0.29, 0.717) is 17.0 Å². The van der Waals surface area contributed by atoms with Crippen LogP contribution in [0.3, 0.4) is 0 Å². The Labute approximate surface area is 98.9 Å². The average Bonchev–Trinajstić information content (AvgIpc) is 2.13. The second kappa shape index (κ2) is 5.01. The van der Waals surface area contributed by atoms with Crippen molar-refractivity contribution in [3.05, 3.63) is 40.9 Å². The van der Waals surface area contributed by atoms with E-state index in [1.165, 1.54) is 6.07 Å². The van der Waals surface area contributed by atoms with Crippen LogP contribution in [0.25, 0.3) is 0 Å². The molecule has 0 aliphatic carbocycles. The Kier molecular flexibility index (Phi) is 4.20. The molecule has 1 rings (SSSR count). The first-order chi connectivity index (χ1) is 6.91. The maximum atomic E-state index is 11.2. The Morgan fingerprint density at radius 3 is 2.53 bits per heavy atom. The molecule has 82 valence electrons. The van der Waals surface area contributed by atoms with E-state index in [-0.39, 0.29) is 4.90 Å². The molecule has 0 aliphatic heterocycles. The first-order valence-electron chi connectivity index (χ1n) is 4.26. The third-order valence-corrected chi connectivity index (χ3v) is 3.42. The first-order valence-corrected chi connectivity index (χ1v) is 6.95. The van der Waals surface area contributed by atoms with Crippen LogP contribution in [-0.4, -0.2) is 8.42 Å². The maximum absolute atomic E-state index is 11.2. The van der Waals surface area contributed by atoms with Crippen molar-refractivity contribution >= 4 is 31.3 Å². The highest BCUT2D eigenvalue weighted by molar-refractivity contribution is 8.13. The zero-order valence-electron chi connectivity index (χ0n) is 8.07. The van der Waals surface area contributed by atoms with Crippen molar-refractivity contribution in [1.82, 2.24) is 0 Å². The van der Waals surface area contributed by atoms with E-state index in [0.717, 1.165) is 0 Å². The van der Waals surface area contributed by atoms with Crippen molar-refractivity contribution in [2.45, 2.75) is 18.2 Å². The van der Waals surface area contributed by atoms with Crippen LogP contribution >= 0.6 is 22.3 Å². The van der Waals surface area contributed by atoms with Crippen LogP contribution in [0.4, 0.5) is 0 Å². The molecule has 0 fully saturated rings. The molecule has 0 saturated carbocycles. The van der Waals surface area contributed by atoms with Gasteiger partial charge in [0.2, 0.25) is 0 Å². The highest BCUT2D eigenvalue weighted by Crippen LogP contribution is 2.20. The van der Waals surface area contributed by atoms with Gasteiger partial charge in [0.1, 0.15) is 0 Å². The lowest BCUT2D eigenvalue weighted by Gasteiger charge is -2.03. The van der Waals surface area contributed by atoms with E-state index in [9.17, 15) is 8.42 Å². The fraction of sp³-hybridized carbons (Fsp3) is 0.200. The minimum atomic E-state index is -3.68. The fourth-order valence-corrected chi connectivity index (χ4v) is 2.40. The summed E-state index contributed by atoms with van der Waals surface area (Å²) in [6.45, 7) is 1.74. The molecule has 0 unspecified atom stereocenters. The van der Waals surface area contributed by atoms with Crippen LogP contribution < -0.4 is 0 Å². The third kappa shape index (κ3) is 3.86. The Hall–Kier alpha value is -0.510. The smallest absolute Gasteiger partial charge is 0.207 e. The average molecular weight is 265 g/mol. The number of benzene rings is 1.